The molecule has 132 valence electrons. The van der Waals surface area contributed by atoms with Gasteiger partial charge in [-0.2, -0.15) is 11.3 Å². The Morgan fingerprint density at radius 3 is 2.75 bits per heavy atom. The number of nitrogens with one attached hydrogen (secondary N) is 2. The van der Waals surface area contributed by atoms with Gasteiger partial charge in [0.15, 0.2) is 0 Å². The molecule has 0 radical (unpaired) electrons. The maximum atomic E-state index is 12.5. The monoisotopic (exact) mass is 349 g/mol. The summed E-state index contributed by atoms with van der Waals surface area (Å²) in [6.45, 7) is 1.23. The second kappa shape index (κ2) is 8.51. The van der Waals surface area contributed by atoms with Crippen LogP contribution in [0, 0.1) is 0 Å². The van der Waals surface area contributed by atoms with Crippen molar-refractivity contribution in [3.05, 3.63) is 22.4 Å². The Bertz CT molecular complexity index is 540. The van der Waals surface area contributed by atoms with E-state index in [1.807, 2.05) is 4.90 Å². The summed E-state index contributed by atoms with van der Waals surface area (Å²) < 4.78 is 0. The van der Waals surface area contributed by atoms with Crippen LogP contribution < -0.4 is 10.6 Å². The average Bonchev–Trinajstić information content (AvgIpc) is 3.26. The van der Waals surface area contributed by atoms with Crippen molar-refractivity contribution in [1.82, 2.24) is 15.5 Å². The molecular weight excluding hydrogens is 322 g/mol. The molecule has 3 rings (SSSR count). The molecule has 0 unspecified atom stereocenters. The SMILES string of the molecule is O=C(NCCC(=O)N1CCC[C@@H]1c1ccsc1)NC1CCCCC1. The van der Waals surface area contributed by atoms with Crippen molar-refractivity contribution >= 4 is 23.3 Å². The van der Waals surface area contributed by atoms with Crippen molar-refractivity contribution in [2.45, 2.75) is 63.5 Å². The molecule has 0 spiro atoms. The van der Waals surface area contributed by atoms with Crippen LogP contribution in [0.2, 0.25) is 0 Å². The molecule has 2 heterocycles. The second-order valence-corrected chi connectivity index (χ2v) is 7.57. The molecule has 3 amide bonds. The number of carbonyl (C=O) groups is 2. The maximum absolute atomic E-state index is 12.5. The third-order valence-electron chi connectivity index (χ3n) is 5.07. The number of likely N-dealkylation sites (tertiary alicyclic amines) is 1. The van der Waals surface area contributed by atoms with Gasteiger partial charge in [-0.25, -0.2) is 4.79 Å². The lowest BCUT2D eigenvalue weighted by Gasteiger charge is -2.25. The van der Waals surface area contributed by atoms with Gasteiger partial charge in [-0.3, -0.25) is 4.79 Å². The van der Waals surface area contributed by atoms with Crippen LogP contribution in [0.15, 0.2) is 16.8 Å². The molecule has 2 fully saturated rings. The lowest BCUT2D eigenvalue weighted by molar-refractivity contribution is -0.132. The Hall–Kier alpha value is -1.56. The van der Waals surface area contributed by atoms with E-state index in [-0.39, 0.29) is 18.0 Å². The van der Waals surface area contributed by atoms with E-state index < -0.39 is 0 Å². The molecule has 0 aromatic carbocycles. The number of thiophene rings is 1. The van der Waals surface area contributed by atoms with Crippen LogP contribution >= 0.6 is 11.3 Å². The zero-order valence-corrected chi connectivity index (χ0v) is 14.9. The molecule has 1 aromatic rings. The zero-order valence-electron chi connectivity index (χ0n) is 14.1. The minimum Gasteiger partial charge on any atom is -0.338 e. The highest BCUT2D eigenvalue weighted by Gasteiger charge is 2.29. The van der Waals surface area contributed by atoms with E-state index in [2.05, 4.69) is 27.5 Å². The van der Waals surface area contributed by atoms with Crippen LogP contribution in [0.3, 0.4) is 0 Å². The number of hydrogen-bond acceptors (Lipinski definition) is 3. The van der Waals surface area contributed by atoms with Crippen LogP contribution in [0.5, 0.6) is 0 Å². The molecule has 24 heavy (non-hydrogen) atoms. The first-order chi connectivity index (χ1) is 11.7. The third-order valence-corrected chi connectivity index (χ3v) is 5.77. The van der Waals surface area contributed by atoms with Crippen LogP contribution in [0.25, 0.3) is 0 Å². The molecule has 2 N–H and O–H groups in total. The number of carbonyl (C=O) groups excluding carboxylic acids is 2. The number of nitrogens with zero attached hydrogens (tertiary/aromatic N) is 1. The molecule has 2 aliphatic rings. The Labute approximate surface area is 147 Å². The fourth-order valence-corrected chi connectivity index (χ4v) is 4.49. The number of urea groups is 1. The lowest BCUT2D eigenvalue weighted by atomic mass is 9.96. The first-order valence-corrected chi connectivity index (χ1v) is 10.0. The predicted octanol–water partition coefficient (Wildman–Crippen LogP) is 3.43. The van der Waals surface area contributed by atoms with Gasteiger partial charge in [0.05, 0.1) is 6.04 Å². The van der Waals surface area contributed by atoms with Gasteiger partial charge in [0.2, 0.25) is 5.91 Å². The fourth-order valence-electron chi connectivity index (χ4n) is 3.79. The number of hydrogen-bond donors (Lipinski definition) is 2. The van der Waals surface area contributed by atoms with E-state index in [4.69, 9.17) is 0 Å². The van der Waals surface area contributed by atoms with Gasteiger partial charge in [0.1, 0.15) is 0 Å². The molecule has 1 aliphatic carbocycles. The van der Waals surface area contributed by atoms with E-state index in [0.29, 0.717) is 19.0 Å². The largest absolute Gasteiger partial charge is 0.338 e. The van der Waals surface area contributed by atoms with Gasteiger partial charge in [-0.05, 0) is 48.1 Å². The molecule has 1 aromatic heterocycles. The molecule has 1 saturated carbocycles. The summed E-state index contributed by atoms with van der Waals surface area (Å²) in [4.78, 5) is 26.4. The smallest absolute Gasteiger partial charge is 0.315 e. The lowest BCUT2D eigenvalue weighted by Crippen LogP contribution is -2.44. The Kier molecular flexibility index (Phi) is 6.12. The molecule has 1 atom stereocenters. The van der Waals surface area contributed by atoms with Crippen LogP contribution in [0.1, 0.15) is 63.0 Å². The zero-order chi connectivity index (χ0) is 16.8. The summed E-state index contributed by atoms with van der Waals surface area (Å²) in [5.74, 6) is 0.140. The molecular formula is C18H27N3O2S. The molecule has 6 heteroatoms. The van der Waals surface area contributed by atoms with Crippen molar-refractivity contribution in [2.24, 2.45) is 0 Å². The van der Waals surface area contributed by atoms with E-state index >= 15 is 0 Å². The number of amides is 3. The quantitative estimate of drug-likeness (QED) is 0.855. The normalized spacial score (nSPS) is 21.7. The van der Waals surface area contributed by atoms with Crippen LogP contribution in [0.4, 0.5) is 4.79 Å². The van der Waals surface area contributed by atoms with Crippen molar-refractivity contribution in [3.63, 3.8) is 0 Å². The van der Waals surface area contributed by atoms with Gasteiger partial charge in [0.25, 0.3) is 0 Å². The first kappa shape index (κ1) is 17.3. The summed E-state index contributed by atoms with van der Waals surface area (Å²) >= 11 is 1.68. The molecule has 0 bridgehead atoms. The fraction of sp³-hybridized carbons (Fsp3) is 0.667. The van der Waals surface area contributed by atoms with Crippen molar-refractivity contribution in [1.29, 1.82) is 0 Å². The average molecular weight is 350 g/mol. The standard InChI is InChI=1S/C18H27N3O2S/c22-17(21-11-4-7-16(21)14-9-12-24-13-14)8-10-19-18(23)20-15-5-2-1-3-6-15/h9,12-13,15-16H,1-8,10-11H2,(H2,19,20,23)/t16-/m1/s1. The van der Waals surface area contributed by atoms with Gasteiger partial charge in [-0.1, -0.05) is 19.3 Å². The van der Waals surface area contributed by atoms with Gasteiger partial charge >= 0.3 is 6.03 Å². The van der Waals surface area contributed by atoms with Gasteiger partial charge in [0, 0.05) is 25.6 Å². The maximum Gasteiger partial charge on any atom is 0.315 e. The highest BCUT2D eigenvalue weighted by Crippen LogP contribution is 2.33. The Balaban J connectivity index is 1.39. The van der Waals surface area contributed by atoms with Gasteiger partial charge < -0.3 is 15.5 Å². The van der Waals surface area contributed by atoms with Crippen molar-refractivity contribution in [2.75, 3.05) is 13.1 Å². The Morgan fingerprint density at radius 2 is 2.00 bits per heavy atom. The van der Waals surface area contributed by atoms with Crippen LogP contribution in [-0.2, 0) is 4.79 Å². The minimum absolute atomic E-state index is 0.134. The number of rotatable bonds is 5. The summed E-state index contributed by atoms with van der Waals surface area (Å²) in [6, 6.07) is 2.50. The molecule has 1 aliphatic heterocycles. The molecule has 1 saturated heterocycles. The van der Waals surface area contributed by atoms with E-state index in [9.17, 15) is 9.59 Å². The highest BCUT2D eigenvalue weighted by molar-refractivity contribution is 7.07. The van der Waals surface area contributed by atoms with Crippen molar-refractivity contribution in [3.8, 4) is 0 Å². The van der Waals surface area contributed by atoms with Gasteiger partial charge in [-0.15, -0.1) is 0 Å². The summed E-state index contributed by atoms with van der Waals surface area (Å²) in [5.41, 5.74) is 1.24. The van der Waals surface area contributed by atoms with E-state index in [1.54, 1.807) is 11.3 Å². The third kappa shape index (κ3) is 4.50. The summed E-state index contributed by atoms with van der Waals surface area (Å²) in [6.07, 6.45) is 8.28. The Morgan fingerprint density at radius 1 is 1.17 bits per heavy atom. The van der Waals surface area contributed by atoms with E-state index in [0.717, 1.165) is 32.2 Å². The summed E-state index contributed by atoms with van der Waals surface area (Å²) in [5, 5.41) is 10.1. The second-order valence-electron chi connectivity index (χ2n) is 6.79. The van der Waals surface area contributed by atoms with E-state index in [1.165, 1.54) is 24.8 Å². The minimum atomic E-state index is -0.134. The summed E-state index contributed by atoms with van der Waals surface area (Å²) in [7, 11) is 0. The van der Waals surface area contributed by atoms with Crippen LogP contribution in [-0.4, -0.2) is 36.0 Å². The first-order valence-electron chi connectivity index (χ1n) is 9.10. The topological polar surface area (TPSA) is 61.4 Å². The predicted molar refractivity (Wildman–Crippen MR) is 96.0 cm³/mol. The molecule has 5 nitrogen and oxygen atoms in total. The highest BCUT2D eigenvalue weighted by atomic mass is 32.1. The van der Waals surface area contributed by atoms with Crippen molar-refractivity contribution < 1.29 is 9.59 Å².